The van der Waals surface area contributed by atoms with E-state index in [1.54, 1.807) is 0 Å². The molecule has 2 rings (SSSR count). The molecule has 1 aliphatic heterocycles. The highest BCUT2D eigenvalue weighted by molar-refractivity contribution is 14.0. The van der Waals surface area contributed by atoms with Crippen LogP contribution in [0.3, 0.4) is 0 Å². The summed E-state index contributed by atoms with van der Waals surface area (Å²) in [7, 11) is -3.15. The molecule has 1 aromatic carbocycles. The molecule has 1 aromatic rings. The van der Waals surface area contributed by atoms with Crippen molar-refractivity contribution in [3.8, 4) is 5.75 Å². The predicted molar refractivity (Wildman–Crippen MR) is 127 cm³/mol. The first-order valence-corrected chi connectivity index (χ1v) is 11.6. The van der Waals surface area contributed by atoms with E-state index < -0.39 is 10.0 Å². The Morgan fingerprint density at radius 1 is 1.31 bits per heavy atom. The molecule has 1 heterocycles. The van der Waals surface area contributed by atoms with Gasteiger partial charge in [-0.15, -0.1) is 24.0 Å². The summed E-state index contributed by atoms with van der Waals surface area (Å²) in [4.78, 5) is 4.64. The second-order valence-electron chi connectivity index (χ2n) is 6.86. The van der Waals surface area contributed by atoms with Gasteiger partial charge in [-0.05, 0) is 31.9 Å². The lowest BCUT2D eigenvalue weighted by atomic mass is 10.1. The lowest BCUT2D eigenvalue weighted by Crippen LogP contribution is -2.38. The van der Waals surface area contributed by atoms with Gasteiger partial charge in [-0.25, -0.2) is 18.1 Å². The van der Waals surface area contributed by atoms with Gasteiger partial charge in [0.25, 0.3) is 0 Å². The average molecular weight is 540 g/mol. The third kappa shape index (κ3) is 10.5. The number of nitrogens with one attached hydrogen (secondary N) is 3. The number of nitrogens with zero attached hydrogens (tertiary/aromatic N) is 1. The minimum Gasteiger partial charge on any atom is -0.488 e. The first kappa shape index (κ1) is 25.9. The van der Waals surface area contributed by atoms with Gasteiger partial charge < -0.3 is 20.1 Å². The highest BCUT2D eigenvalue weighted by Crippen LogP contribution is 2.24. The van der Waals surface area contributed by atoms with Crippen molar-refractivity contribution in [3.05, 3.63) is 29.3 Å². The van der Waals surface area contributed by atoms with Crippen LogP contribution in [0.1, 0.15) is 30.9 Å². The van der Waals surface area contributed by atoms with Gasteiger partial charge in [-0.1, -0.05) is 12.1 Å². The first-order chi connectivity index (χ1) is 13.4. The van der Waals surface area contributed by atoms with Gasteiger partial charge in [-0.2, -0.15) is 0 Å². The van der Waals surface area contributed by atoms with Crippen LogP contribution in [0.2, 0.25) is 0 Å². The molecule has 1 aliphatic rings. The molecule has 0 saturated carbocycles. The Bertz CT molecular complexity index is 753. The second kappa shape index (κ2) is 13.2. The zero-order chi connectivity index (χ0) is 20.4. The summed E-state index contributed by atoms with van der Waals surface area (Å²) in [5.41, 5.74) is 2.17. The quantitative estimate of drug-likeness (QED) is 0.181. The molecule has 8 nitrogen and oxygen atoms in total. The molecule has 3 N–H and O–H groups in total. The SMILES string of the molecule is CCNC(=NCc1ccc(C)cc1OC1CCOC1)NCCCNS(C)(=O)=O.I. The molecule has 0 aromatic heterocycles. The second-order valence-corrected chi connectivity index (χ2v) is 8.69. The molecule has 0 radical (unpaired) electrons. The van der Waals surface area contributed by atoms with Gasteiger partial charge in [0, 0.05) is 31.6 Å². The van der Waals surface area contributed by atoms with E-state index in [2.05, 4.69) is 26.4 Å². The molecule has 1 fully saturated rings. The number of aliphatic imine (C=N–C) groups is 1. The number of sulfonamides is 1. The van der Waals surface area contributed by atoms with E-state index in [0.29, 0.717) is 38.6 Å². The van der Waals surface area contributed by atoms with Crippen molar-refractivity contribution in [3.63, 3.8) is 0 Å². The zero-order valence-corrected chi connectivity index (χ0v) is 20.5. The summed E-state index contributed by atoms with van der Waals surface area (Å²) in [6, 6.07) is 6.14. The van der Waals surface area contributed by atoms with E-state index in [1.807, 2.05) is 26.0 Å². The number of hydrogen-bond acceptors (Lipinski definition) is 5. The summed E-state index contributed by atoms with van der Waals surface area (Å²) >= 11 is 0. The Morgan fingerprint density at radius 2 is 2.10 bits per heavy atom. The van der Waals surface area contributed by atoms with Crippen LogP contribution in [0, 0.1) is 6.92 Å². The van der Waals surface area contributed by atoms with Gasteiger partial charge in [0.1, 0.15) is 11.9 Å². The highest BCUT2D eigenvalue weighted by atomic mass is 127. The molecular weight excluding hydrogens is 507 g/mol. The fourth-order valence-corrected chi connectivity index (χ4v) is 3.26. The van der Waals surface area contributed by atoms with E-state index in [4.69, 9.17) is 9.47 Å². The number of aryl methyl sites for hydroxylation is 1. The van der Waals surface area contributed by atoms with Gasteiger partial charge in [-0.3, -0.25) is 0 Å². The summed E-state index contributed by atoms with van der Waals surface area (Å²) in [6.07, 6.45) is 2.82. The summed E-state index contributed by atoms with van der Waals surface area (Å²) in [5.74, 6) is 1.55. The van der Waals surface area contributed by atoms with Crippen LogP contribution in [-0.4, -0.2) is 59.6 Å². The first-order valence-electron chi connectivity index (χ1n) is 9.68. The monoisotopic (exact) mass is 540 g/mol. The summed E-state index contributed by atoms with van der Waals surface area (Å²) < 4.78 is 36.2. The normalized spacial score (nSPS) is 16.9. The van der Waals surface area contributed by atoms with Crippen molar-refractivity contribution in [1.29, 1.82) is 0 Å². The maximum atomic E-state index is 11.1. The maximum absolute atomic E-state index is 11.1. The highest BCUT2D eigenvalue weighted by Gasteiger charge is 2.18. The van der Waals surface area contributed by atoms with Crippen molar-refractivity contribution >= 4 is 40.0 Å². The Kier molecular flexibility index (Phi) is 11.8. The van der Waals surface area contributed by atoms with Crippen molar-refractivity contribution in [1.82, 2.24) is 15.4 Å². The van der Waals surface area contributed by atoms with Crippen LogP contribution < -0.4 is 20.1 Å². The van der Waals surface area contributed by atoms with Crippen molar-refractivity contribution in [2.75, 3.05) is 39.1 Å². The number of guanidine groups is 1. The van der Waals surface area contributed by atoms with E-state index in [-0.39, 0.29) is 30.1 Å². The Morgan fingerprint density at radius 3 is 2.76 bits per heavy atom. The number of benzene rings is 1. The Balaban J connectivity index is 0.00000420. The molecule has 0 amide bonds. The van der Waals surface area contributed by atoms with Gasteiger partial charge in [0.2, 0.25) is 10.0 Å². The van der Waals surface area contributed by atoms with E-state index in [1.165, 1.54) is 0 Å². The predicted octanol–water partition coefficient (Wildman–Crippen LogP) is 1.78. The molecule has 1 unspecified atom stereocenters. The van der Waals surface area contributed by atoms with Crippen molar-refractivity contribution in [2.24, 2.45) is 4.99 Å². The fourth-order valence-electron chi connectivity index (χ4n) is 2.75. The third-order valence-electron chi connectivity index (χ3n) is 4.17. The lowest BCUT2D eigenvalue weighted by molar-refractivity contribution is 0.140. The maximum Gasteiger partial charge on any atom is 0.208 e. The minimum atomic E-state index is -3.15. The molecular formula is C19H33IN4O4S. The molecule has 1 atom stereocenters. The zero-order valence-electron chi connectivity index (χ0n) is 17.4. The fraction of sp³-hybridized carbons (Fsp3) is 0.632. The Hall–Kier alpha value is -1.11. The lowest BCUT2D eigenvalue weighted by Gasteiger charge is -2.16. The molecule has 0 spiro atoms. The van der Waals surface area contributed by atoms with E-state index in [0.717, 1.165) is 42.7 Å². The topological polar surface area (TPSA) is 101 Å². The van der Waals surface area contributed by atoms with Gasteiger partial charge >= 0.3 is 0 Å². The van der Waals surface area contributed by atoms with Crippen molar-refractivity contribution < 1.29 is 17.9 Å². The number of halogens is 1. The van der Waals surface area contributed by atoms with Crippen LogP contribution in [0.5, 0.6) is 5.75 Å². The Labute approximate surface area is 191 Å². The minimum absolute atomic E-state index is 0. The number of ether oxygens (including phenoxy) is 2. The molecule has 0 bridgehead atoms. The van der Waals surface area contributed by atoms with Crippen LogP contribution in [0.25, 0.3) is 0 Å². The number of hydrogen-bond donors (Lipinski definition) is 3. The van der Waals surface area contributed by atoms with Crippen LogP contribution in [0.4, 0.5) is 0 Å². The van der Waals surface area contributed by atoms with Gasteiger partial charge in [0.05, 0.1) is 26.0 Å². The average Bonchev–Trinajstić information content (AvgIpc) is 3.12. The van der Waals surface area contributed by atoms with Crippen LogP contribution in [0.15, 0.2) is 23.2 Å². The molecule has 10 heteroatoms. The molecule has 29 heavy (non-hydrogen) atoms. The summed E-state index contributed by atoms with van der Waals surface area (Å²) in [6.45, 7) is 7.65. The number of rotatable bonds is 10. The van der Waals surface area contributed by atoms with Crippen LogP contribution >= 0.6 is 24.0 Å². The molecule has 1 saturated heterocycles. The molecule has 0 aliphatic carbocycles. The van der Waals surface area contributed by atoms with Gasteiger partial charge in [0.15, 0.2) is 5.96 Å². The largest absolute Gasteiger partial charge is 0.488 e. The molecule has 166 valence electrons. The van der Waals surface area contributed by atoms with Crippen LogP contribution in [-0.2, 0) is 21.3 Å². The summed E-state index contributed by atoms with van der Waals surface area (Å²) in [5, 5.41) is 6.43. The smallest absolute Gasteiger partial charge is 0.208 e. The van der Waals surface area contributed by atoms with E-state index in [9.17, 15) is 8.42 Å². The van der Waals surface area contributed by atoms with E-state index >= 15 is 0 Å². The third-order valence-corrected chi connectivity index (χ3v) is 4.89. The van der Waals surface area contributed by atoms with Crippen molar-refractivity contribution in [2.45, 2.75) is 39.3 Å². The standard InChI is InChI=1S/C19H32N4O4S.HI/c1-4-20-19(21-9-5-10-23-28(3,24)25)22-13-16-7-6-15(2)12-18(16)27-17-8-11-26-14-17;/h6-7,12,17,23H,4-5,8-11,13-14H2,1-3H3,(H2,20,21,22);1H.